The monoisotopic (exact) mass is 354 g/mol. The highest BCUT2D eigenvalue weighted by atomic mass is 79.9. The van der Waals surface area contributed by atoms with Crippen molar-refractivity contribution in [3.8, 4) is 0 Å². The molecule has 0 radical (unpaired) electrons. The molecule has 2 aromatic carbocycles. The zero-order chi connectivity index (χ0) is 14.7. The van der Waals surface area contributed by atoms with E-state index in [9.17, 15) is 4.39 Å². The van der Waals surface area contributed by atoms with E-state index in [1.54, 1.807) is 12.1 Å². The minimum Gasteiger partial charge on any atom is -0.206 e. The molecule has 1 unspecified atom stereocenters. The van der Waals surface area contributed by atoms with Crippen molar-refractivity contribution in [2.75, 3.05) is 0 Å². The lowest BCUT2D eigenvalue weighted by atomic mass is 9.96. The van der Waals surface area contributed by atoms with E-state index in [1.165, 1.54) is 17.2 Å². The fourth-order valence-corrected chi connectivity index (χ4v) is 3.01. The third-order valence-corrected chi connectivity index (χ3v) is 4.63. The SMILES string of the molecule is CCc1ccc(C(Cl)c2ccc(F)c(Br)c2)cc1CC. The molecule has 0 N–H and O–H groups in total. The normalized spacial score (nSPS) is 12.4. The van der Waals surface area contributed by atoms with Crippen molar-refractivity contribution in [3.05, 3.63) is 68.9 Å². The Balaban J connectivity index is 2.37. The summed E-state index contributed by atoms with van der Waals surface area (Å²) in [5.74, 6) is -0.270. The summed E-state index contributed by atoms with van der Waals surface area (Å²) in [7, 11) is 0. The Morgan fingerprint density at radius 2 is 1.60 bits per heavy atom. The van der Waals surface area contributed by atoms with E-state index >= 15 is 0 Å². The van der Waals surface area contributed by atoms with E-state index in [4.69, 9.17) is 11.6 Å². The van der Waals surface area contributed by atoms with Crippen LogP contribution in [0.5, 0.6) is 0 Å². The van der Waals surface area contributed by atoms with E-state index in [2.05, 4.69) is 48.0 Å². The van der Waals surface area contributed by atoms with Crippen LogP contribution in [0.1, 0.15) is 41.5 Å². The van der Waals surface area contributed by atoms with Gasteiger partial charge in [0.05, 0.1) is 9.85 Å². The van der Waals surface area contributed by atoms with Crippen LogP contribution in [0.4, 0.5) is 4.39 Å². The molecule has 0 spiro atoms. The highest BCUT2D eigenvalue weighted by molar-refractivity contribution is 9.10. The fraction of sp³-hybridized carbons (Fsp3) is 0.294. The average molecular weight is 356 g/mol. The van der Waals surface area contributed by atoms with Crippen molar-refractivity contribution < 1.29 is 4.39 Å². The summed E-state index contributed by atoms with van der Waals surface area (Å²) in [6.45, 7) is 4.30. The van der Waals surface area contributed by atoms with Crippen LogP contribution >= 0.6 is 27.5 Å². The zero-order valence-corrected chi connectivity index (χ0v) is 13.9. The van der Waals surface area contributed by atoms with E-state index in [0.29, 0.717) is 4.47 Å². The summed E-state index contributed by atoms with van der Waals surface area (Å²) < 4.78 is 13.7. The van der Waals surface area contributed by atoms with Gasteiger partial charge in [0.1, 0.15) is 5.82 Å². The van der Waals surface area contributed by atoms with Crippen LogP contribution in [-0.4, -0.2) is 0 Å². The summed E-state index contributed by atoms with van der Waals surface area (Å²) in [4.78, 5) is 0. The molecule has 0 amide bonds. The largest absolute Gasteiger partial charge is 0.206 e. The molecule has 20 heavy (non-hydrogen) atoms. The van der Waals surface area contributed by atoms with Crippen LogP contribution in [-0.2, 0) is 12.8 Å². The zero-order valence-electron chi connectivity index (χ0n) is 11.6. The second kappa shape index (κ2) is 6.73. The number of alkyl halides is 1. The summed E-state index contributed by atoms with van der Waals surface area (Å²) in [5.41, 5.74) is 4.64. The summed E-state index contributed by atoms with van der Waals surface area (Å²) >= 11 is 9.74. The van der Waals surface area contributed by atoms with Gasteiger partial charge in [0.25, 0.3) is 0 Å². The third kappa shape index (κ3) is 3.24. The van der Waals surface area contributed by atoms with Crippen molar-refractivity contribution in [2.45, 2.75) is 32.1 Å². The van der Waals surface area contributed by atoms with Gasteiger partial charge in [0.2, 0.25) is 0 Å². The highest BCUT2D eigenvalue weighted by Gasteiger charge is 2.14. The van der Waals surface area contributed by atoms with Crippen LogP contribution in [0.3, 0.4) is 0 Å². The number of aryl methyl sites for hydroxylation is 2. The number of halogens is 3. The van der Waals surface area contributed by atoms with Gasteiger partial charge in [-0.25, -0.2) is 4.39 Å². The smallest absolute Gasteiger partial charge is 0.137 e. The van der Waals surface area contributed by atoms with Gasteiger partial charge in [0, 0.05) is 0 Å². The number of hydrogen-bond donors (Lipinski definition) is 0. The molecule has 0 aliphatic rings. The van der Waals surface area contributed by atoms with Crippen LogP contribution in [0.2, 0.25) is 0 Å². The van der Waals surface area contributed by atoms with Crippen molar-refractivity contribution in [2.24, 2.45) is 0 Å². The van der Waals surface area contributed by atoms with Gasteiger partial charge in [-0.1, -0.05) is 38.1 Å². The number of rotatable bonds is 4. The third-order valence-electron chi connectivity index (χ3n) is 3.52. The first-order chi connectivity index (χ1) is 9.56. The Bertz CT molecular complexity index is 610. The molecule has 106 valence electrons. The standard InChI is InChI=1S/C17H17BrClF/c1-3-11-5-6-13(9-12(11)4-2)17(19)14-7-8-16(20)15(18)10-14/h5-10,17H,3-4H2,1-2H3. The lowest BCUT2D eigenvalue weighted by Gasteiger charge is -2.14. The predicted octanol–water partition coefficient (Wildman–Crippen LogP) is 6.04. The van der Waals surface area contributed by atoms with Crippen LogP contribution < -0.4 is 0 Å². The van der Waals surface area contributed by atoms with Gasteiger partial charge in [-0.2, -0.15) is 0 Å². The molecule has 0 aliphatic heterocycles. The van der Waals surface area contributed by atoms with E-state index in [0.717, 1.165) is 24.0 Å². The Kier molecular flexibility index (Phi) is 5.22. The Labute approximate surface area is 133 Å². The summed E-state index contributed by atoms with van der Waals surface area (Å²) in [5, 5.41) is -0.261. The van der Waals surface area contributed by atoms with Crippen molar-refractivity contribution in [1.82, 2.24) is 0 Å². The predicted molar refractivity (Wildman–Crippen MR) is 87.0 cm³/mol. The molecule has 2 aromatic rings. The van der Waals surface area contributed by atoms with Gasteiger partial charge < -0.3 is 0 Å². The van der Waals surface area contributed by atoms with Crippen molar-refractivity contribution in [3.63, 3.8) is 0 Å². The van der Waals surface area contributed by atoms with Crippen molar-refractivity contribution >= 4 is 27.5 Å². The van der Waals surface area contributed by atoms with E-state index in [-0.39, 0.29) is 11.2 Å². The molecule has 3 heteroatoms. The van der Waals surface area contributed by atoms with E-state index < -0.39 is 0 Å². The first kappa shape index (κ1) is 15.5. The molecule has 0 heterocycles. The summed E-state index contributed by atoms with van der Waals surface area (Å²) in [6.07, 6.45) is 2.02. The van der Waals surface area contributed by atoms with E-state index in [1.807, 2.05) is 0 Å². The van der Waals surface area contributed by atoms with Gasteiger partial charge >= 0.3 is 0 Å². The Morgan fingerprint density at radius 3 is 2.20 bits per heavy atom. The lowest BCUT2D eigenvalue weighted by Crippen LogP contribution is -1.98. The minimum absolute atomic E-state index is 0.261. The Hall–Kier alpha value is -0.860. The molecule has 0 saturated carbocycles. The first-order valence-electron chi connectivity index (χ1n) is 6.77. The van der Waals surface area contributed by atoms with Crippen molar-refractivity contribution in [1.29, 1.82) is 0 Å². The molecule has 0 nitrogen and oxygen atoms in total. The minimum atomic E-state index is -0.270. The number of hydrogen-bond acceptors (Lipinski definition) is 0. The molecule has 2 rings (SSSR count). The quantitative estimate of drug-likeness (QED) is 0.586. The van der Waals surface area contributed by atoms with Crippen LogP contribution in [0, 0.1) is 5.82 Å². The van der Waals surface area contributed by atoms with Crippen LogP contribution in [0.15, 0.2) is 40.9 Å². The molecular weight excluding hydrogens is 339 g/mol. The molecule has 0 bridgehead atoms. The second-order valence-electron chi connectivity index (χ2n) is 4.77. The first-order valence-corrected chi connectivity index (χ1v) is 8.00. The topological polar surface area (TPSA) is 0 Å². The average Bonchev–Trinajstić information content (AvgIpc) is 2.48. The molecule has 1 atom stereocenters. The maximum atomic E-state index is 13.3. The number of benzene rings is 2. The van der Waals surface area contributed by atoms with Gasteiger partial charge in [0.15, 0.2) is 0 Å². The maximum absolute atomic E-state index is 13.3. The fourth-order valence-electron chi connectivity index (χ4n) is 2.34. The molecule has 0 fully saturated rings. The molecule has 0 saturated heterocycles. The van der Waals surface area contributed by atoms with Gasteiger partial charge in [-0.3, -0.25) is 0 Å². The Morgan fingerprint density at radius 1 is 1.00 bits per heavy atom. The van der Waals surface area contributed by atoms with Crippen LogP contribution in [0.25, 0.3) is 0 Å². The molecule has 0 aliphatic carbocycles. The van der Waals surface area contributed by atoms with Gasteiger partial charge in [-0.15, -0.1) is 11.6 Å². The highest BCUT2D eigenvalue weighted by Crippen LogP contribution is 2.32. The second-order valence-corrected chi connectivity index (χ2v) is 6.06. The maximum Gasteiger partial charge on any atom is 0.137 e. The lowest BCUT2D eigenvalue weighted by molar-refractivity contribution is 0.620. The molecule has 0 aromatic heterocycles. The summed E-state index contributed by atoms with van der Waals surface area (Å²) in [6, 6.07) is 11.3. The molecular formula is C17H17BrClF. The van der Waals surface area contributed by atoms with Gasteiger partial charge in [-0.05, 0) is 63.2 Å².